The summed E-state index contributed by atoms with van der Waals surface area (Å²) >= 11 is 0. The number of aryl methyl sites for hydroxylation is 2. The Balaban J connectivity index is 1.51. The highest BCUT2D eigenvalue weighted by atomic mass is 16.1. The van der Waals surface area contributed by atoms with Crippen molar-refractivity contribution >= 4 is 5.91 Å². The number of amides is 1. The molecule has 0 bridgehead atoms. The molecule has 122 valence electrons. The molecule has 0 aliphatic rings. The summed E-state index contributed by atoms with van der Waals surface area (Å²) in [5, 5.41) is 6.30. The Morgan fingerprint density at radius 2 is 1.74 bits per heavy atom. The lowest BCUT2D eigenvalue weighted by Gasteiger charge is -2.07. The van der Waals surface area contributed by atoms with Gasteiger partial charge in [-0.25, -0.2) is 0 Å². The fraction of sp³-hybridized carbons (Fsp3) is 0.350. The van der Waals surface area contributed by atoms with Crippen LogP contribution in [0.1, 0.15) is 29.5 Å². The summed E-state index contributed by atoms with van der Waals surface area (Å²) in [5.74, 6) is 0.0991. The molecule has 2 N–H and O–H groups in total. The van der Waals surface area contributed by atoms with Crippen molar-refractivity contribution in [2.24, 2.45) is 0 Å². The Labute approximate surface area is 139 Å². The topological polar surface area (TPSA) is 41.1 Å². The van der Waals surface area contributed by atoms with Crippen molar-refractivity contribution in [3.8, 4) is 0 Å². The van der Waals surface area contributed by atoms with Gasteiger partial charge < -0.3 is 10.6 Å². The summed E-state index contributed by atoms with van der Waals surface area (Å²) in [5.41, 5.74) is 3.73. The third-order valence-corrected chi connectivity index (χ3v) is 3.76. The van der Waals surface area contributed by atoms with Crippen LogP contribution in [0.5, 0.6) is 0 Å². The molecule has 0 radical (unpaired) electrons. The van der Waals surface area contributed by atoms with Crippen molar-refractivity contribution in [1.29, 1.82) is 0 Å². The Kier molecular flexibility index (Phi) is 7.34. The van der Waals surface area contributed by atoms with E-state index in [0.717, 1.165) is 31.5 Å². The van der Waals surface area contributed by atoms with Gasteiger partial charge in [-0.1, -0.05) is 60.2 Å². The minimum absolute atomic E-state index is 0.0991. The molecule has 0 saturated heterocycles. The van der Waals surface area contributed by atoms with Gasteiger partial charge >= 0.3 is 0 Å². The minimum atomic E-state index is 0.0991. The maximum absolute atomic E-state index is 11.8. The average Bonchev–Trinajstić information content (AvgIpc) is 2.57. The van der Waals surface area contributed by atoms with Crippen LogP contribution in [0.4, 0.5) is 0 Å². The number of hydrogen-bond donors (Lipinski definition) is 2. The zero-order valence-corrected chi connectivity index (χ0v) is 13.8. The predicted octanol–water partition coefficient (Wildman–Crippen LogP) is 3.22. The van der Waals surface area contributed by atoms with Crippen LogP contribution in [0.15, 0.2) is 54.6 Å². The molecule has 23 heavy (non-hydrogen) atoms. The van der Waals surface area contributed by atoms with E-state index in [0.29, 0.717) is 13.0 Å². The standard InChI is InChI=1S/C20H26N2O/c1-17-7-5-10-19(15-17)16-22-20(23)12-14-21-13-6-11-18-8-3-2-4-9-18/h2-5,7-10,15,21H,6,11-14,16H2,1H3,(H,22,23). The molecule has 1 amide bonds. The lowest BCUT2D eigenvalue weighted by molar-refractivity contribution is -0.121. The van der Waals surface area contributed by atoms with E-state index in [9.17, 15) is 4.79 Å². The summed E-state index contributed by atoms with van der Waals surface area (Å²) in [6.45, 7) is 4.34. The molecule has 2 aromatic rings. The van der Waals surface area contributed by atoms with Gasteiger partial charge in [-0.3, -0.25) is 4.79 Å². The third kappa shape index (κ3) is 7.11. The van der Waals surface area contributed by atoms with Gasteiger partial charge in [-0.15, -0.1) is 0 Å². The van der Waals surface area contributed by atoms with Crippen LogP contribution in [-0.2, 0) is 17.8 Å². The number of benzene rings is 2. The van der Waals surface area contributed by atoms with E-state index >= 15 is 0 Å². The Morgan fingerprint density at radius 3 is 2.52 bits per heavy atom. The Morgan fingerprint density at radius 1 is 0.957 bits per heavy atom. The van der Waals surface area contributed by atoms with Crippen molar-refractivity contribution < 1.29 is 4.79 Å². The summed E-state index contributed by atoms with van der Waals surface area (Å²) in [6, 6.07) is 18.7. The van der Waals surface area contributed by atoms with Crippen LogP contribution in [-0.4, -0.2) is 19.0 Å². The third-order valence-electron chi connectivity index (χ3n) is 3.76. The van der Waals surface area contributed by atoms with Crippen molar-refractivity contribution in [2.45, 2.75) is 32.7 Å². The second kappa shape index (κ2) is 9.80. The van der Waals surface area contributed by atoms with Gasteiger partial charge in [-0.2, -0.15) is 0 Å². The van der Waals surface area contributed by atoms with Crippen LogP contribution in [0.25, 0.3) is 0 Å². The molecular formula is C20H26N2O. The largest absolute Gasteiger partial charge is 0.352 e. The first kappa shape index (κ1) is 17.2. The highest BCUT2D eigenvalue weighted by molar-refractivity contribution is 5.76. The van der Waals surface area contributed by atoms with Crippen LogP contribution in [0.3, 0.4) is 0 Å². The zero-order valence-electron chi connectivity index (χ0n) is 13.8. The van der Waals surface area contributed by atoms with Gasteiger partial charge in [-0.05, 0) is 37.4 Å². The van der Waals surface area contributed by atoms with Crippen molar-refractivity contribution in [2.75, 3.05) is 13.1 Å². The van der Waals surface area contributed by atoms with Gasteiger partial charge in [0.15, 0.2) is 0 Å². The van der Waals surface area contributed by atoms with Crippen LogP contribution in [0, 0.1) is 6.92 Å². The zero-order chi connectivity index (χ0) is 16.3. The van der Waals surface area contributed by atoms with Gasteiger partial charge in [0.2, 0.25) is 5.91 Å². The lowest BCUT2D eigenvalue weighted by Crippen LogP contribution is -2.27. The first-order valence-electron chi connectivity index (χ1n) is 8.31. The quantitative estimate of drug-likeness (QED) is 0.698. The second-order valence-corrected chi connectivity index (χ2v) is 5.85. The van der Waals surface area contributed by atoms with E-state index in [4.69, 9.17) is 0 Å². The average molecular weight is 310 g/mol. The molecule has 3 heteroatoms. The minimum Gasteiger partial charge on any atom is -0.352 e. The fourth-order valence-corrected chi connectivity index (χ4v) is 2.50. The van der Waals surface area contributed by atoms with Crippen LogP contribution >= 0.6 is 0 Å². The van der Waals surface area contributed by atoms with Gasteiger partial charge in [0, 0.05) is 19.5 Å². The summed E-state index contributed by atoms with van der Waals surface area (Å²) in [4.78, 5) is 11.8. The summed E-state index contributed by atoms with van der Waals surface area (Å²) in [7, 11) is 0. The molecule has 2 aromatic carbocycles. The molecule has 0 atom stereocenters. The van der Waals surface area contributed by atoms with Crippen molar-refractivity contribution in [3.05, 3.63) is 71.3 Å². The number of hydrogen-bond acceptors (Lipinski definition) is 2. The van der Waals surface area contributed by atoms with Crippen LogP contribution in [0.2, 0.25) is 0 Å². The molecule has 0 aliphatic carbocycles. The number of nitrogens with one attached hydrogen (secondary N) is 2. The normalized spacial score (nSPS) is 10.5. The molecule has 0 heterocycles. The van der Waals surface area contributed by atoms with Gasteiger partial charge in [0.1, 0.15) is 0 Å². The SMILES string of the molecule is Cc1cccc(CNC(=O)CCNCCCc2ccccc2)c1. The van der Waals surface area contributed by atoms with E-state index < -0.39 is 0 Å². The van der Waals surface area contributed by atoms with E-state index in [-0.39, 0.29) is 5.91 Å². The summed E-state index contributed by atoms with van der Waals surface area (Å²) in [6.07, 6.45) is 2.69. The molecular weight excluding hydrogens is 284 g/mol. The second-order valence-electron chi connectivity index (χ2n) is 5.85. The van der Waals surface area contributed by atoms with E-state index in [1.165, 1.54) is 11.1 Å². The molecule has 0 unspecified atom stereocenters. The molecule has 0 aromatic heterocycles. The first-order valence-corrected chi connectivity index (χ1v) is 8.31. The highest BCUT2D eigenvalue weighted by Gasteiger charge is 2.01. The molecule has 0 fully saturated rings. The van der Waals surface area contributed by atoms with E-state index in [1.54, 1.807) is 0 Å². The maximum atomic E-state index is 11.8. The lowest BCUT2D eigenvalue weighted by atomic mass is 10.1. The smallest absolute Gasteiger partial charge is 0.221 e. The van der Waals surface area contributed by atoms with Gasteiger partial charge in [0.25, 0.3) is 0 Å². The Bertz CT molecular complexity index is 596. The van der Waals surface area contributed by atoms with E-state index in [2.05, 4.69) is 54.0 Å². The number of rotatable bonds is 9. The highest BCUT2D eigenvalue weighted by Crippen LogP contribution is 2.03. The van der Waals surface area contributed by atoms with E-state index in [1.807, 2.05) is 18.2 Å². The molecule has 2 rings (SSSR count). The summed E-state index contributed by atoms with van der Waals surface area (Å²) < 4.78 is 0. The molecule has 0 aliphatic heterocycles. The van der Waals surface area contributed by atoms with Crippen molar-refractivity contribution in [1.82, 2.24) is 10.6 Å². The molecule has 0 saturated carbocycles. The monoisotopic (exact) mass is 310 g/mol. The van der Waals surface area contributed by atoms with Crippen molar-refractivity contribution in [3.63, 3.8) is 0 Å². The molecule has 0 spiro atoms. The fourth-order valence-electron chi connectivity index (χ4n) is 2.50. The van der Waals surface area contributed by atoms with Crippen LogP contribution < -0.4 is 10.6 Å². The maximum Gasteiger partial charge on any atom is 0.221 e. The number of carbonyl (C=O) groups excluding carboxylic acids is 1. The first-order chi connectivity index (χ1) is 11.2. The van der Waals surface area contributed by atoms with Gasteiger partial charge in [0.05, 0.1) is 0 Å². The predicted molar refractivity (Wildman–Crippen MR) is 95.3 cm³/mol. The molecule has 3 nitrogen and oxygen atoms in total. The number of carbonyl (C=O) groups is 1. The Hall–Kier alpha value is -2.13.